The molecule has 1 aromatic rings. The van der Waals surface area contributed by atoms with Crippen LogP contribution < -0.4 is 5.32 Å². The Morgan fingerprint density at radius 2 is 1.64 bits per heavy atom. The summed E-state index contributed by atoms with van der Waals surface area (Å²) < 4.78 is 4.48. The van der Waals surface area contributed by atoms with E-state index in [1.54, 1.807) is 12.1 Å². The molecule has 0 saturated heterocycles. The summed E-state index contributed by atoms with van der Waals surface area (Å²) in [6, 6.07) is 7.58. The summed E-state index contributed by atoms with van der Waals surface area (Å²) in [4.78, 5) is 22.8. The number of carbonyl (C=O) groups is 2. The van der Waals surface area contributed by atoms with Gasteiger partial charge in [0.25, 0.3) is 5.91 Å². The van der Waals surface area contributed by atoms with E-state index in [1.165, 1.54) is 51.2 Å². The first-order valence-corrected chi connectivity index (χ1v) is 8.11. The van der Waals surface area contributed by atoms with Crippen LogP contribution >= 0.6 is 0 Å². The molecule has 4 nitrogen and oxygen atoms in total. The molecule has 1 N–H and O–H groups in total. The quantitative estimate of drug-likeness (QED) is 0.532. The number of aryl methyl sites for hydroxylation is 1. The third-order valence-corrected chi connectivity index (χ3v) is 3.66. The number of hydrogen-bond acceptors (Lipinski definition) is 3. The number of rotatable bonds is 10. The van der Waals surface area contributed by atoms with Gasteiger partial charge in [-0.25, -0.2) is 0 Å². The number of unbranched alkanes of at least 4 members (excludes halogenated alkanes) is 5. The molecule has 22 heavy (non-hydrogen) atoms. The minimum absolute atomic E-state index is 0.102. The van der Waals surface area contributed by atoms with Crippen molar-refractivity contribution in [3.8, 4) is 0 Å². The van der Waals surface area contributed by atoms with Crippen LogP contribution in [0.4, 0.5) is 0 Å². The summed E-state index contributed by atoms with van der Waals surface area (Å²) in [7, 11) is 1.30. The van der Waals surface area contributed by atoms with Crippen molar-refractivity contribution in [2.75, 3.05) is 13.7 Å². The third-order valence-electron chi connectivity index (χ3n) is 3.66. The second-order valence-electron chi connectivity index (χ2n) is 5.47. The van der Waals surface area contributed by atoms with Crippen LogP contribution in [0.1, 0.15) is 61.4 Å². The summed E-state index contributed by atoms with van der Waals surface area (Å²) in [6.07, 6.45) is 8.75. The fourth-order valence-corrected chi connectivity index (χ4v) is 2.26. The van der Waals surface area contributed by atoms with Gasteiger partial charge in [0.05, 0.1) is 7.11 Å². The lowest BCUT2D eigenvalue weighted by molar-refractivity contribution is -0.139. The number of ether oxygens (including phenoxy) is 1. The van der Waals surface area contributed by atoms with E-state index in [0.717, 1.165) is 6.42 Å². The van der Waals surface area contributed by atoms with Gasteiger partial charge in [0, 0.05) is 5.56 Å². The smallest absolute Gasteiger partial charge is 0.325 e. The number of hydrogen-bond donors (Lipinski definition) is 1. The number of carbonyl (C=O) groups excluding carboxylic acids is 2. The first-order chi connectivity index (χ1) is 10.7. The Bertz CT molecular complexity index is 454. The molecule has 0 saturated carbocycles. The van der Waals surface area contributed by atoms with Gasteiger partial charge in [-0.2, -0.15) is 0 Å². The molecule has 0 heterocycles. The molecule has 1 aromatic carbocycles. The molecule has 0 unspecified atom stereocenters. The van der Waals surface area contributed by atoms with Crippen LogP contribution in [0.3, 0.4) is 0 Å². The Hall–Kier alpha value is -1.84. The fraction of sp³-hybridized carbons (Fsp3) is 0.556. The van der Waals surface area contributed by atoms with Gasteiger partial charge in [-0.1, -0.05) is 51.2 Å². The molecule has 0 spiro atoms. The average molecular weight is 305 g/mol. The highest BCUT2D eigenvalue weighted by Crippen LogP contribution is 2.11. The predicted molar refractivity (Wildman–Crippen MR) is 87.9 cm³/mol. The molecule has 0 radical (unpaired) electrons. The molecule has 122 valence electrons. The lowest BCUT2D eigenvalue weighted by Gasteiger charge is -2.06. The molecule has 1 rings (SSSR count). The molecule has 0 atom stereocenters. The highest BCUT2D eigenvalue weighted by Gasteiger charge is 2.07. The predicted octanol–water partition coefficient (Wildman–Crippen LogP) is 3.49. The second-order valence-corrected chi connectivity index (χ2v) is 5.47. The Morgan fingerprint density at radius 1 is 1.00 bits per heavy atom. The SMILES string of the molecule is CCCCCCCCc1ccc(C(=O)NCC(=O)OC)cc1. The third kappa shape index (κ3) is 7.25. The summed E-state index contributed by atoms with van der Waals surface area (Å²) in [5.74, 6) is -0.704. The molecule has 0 aliphatic rings. The van der Waals surface area contributed by atoms with Crippen LogP contribution in [0.25, 0.3) is 0 Å². The Morgan fingerprint density at radius 3 is 2.27 bits per heavy atom. The van der Waals surface area contributed by atoms with E-state index in [2.05, 4.69) is 17.0 Å². The highest BCUT2D eigenvalue weighted by atomic mass is 16.5. The lowest BCUT2D eigenvalue weighted by atomic mass is 10.0. The van der Waals surface area contributed by atoms with Crippen molar-refractivity contribution in [2.24, 2.45) is 0 Å². The first-order valence-electron chi connectivity index (χ1n) is 8.11. The highest BCUT2D eigenvalue weighted by molar-refractivity contribution is 5.95. The summed E-state index contributed by atoms with van der Waals surface area (Å²) in [5, 5.41) is 2.53. The molecule has 0 aromatic heterocycles. The zero-order valence-electron chi connectivity index (χ0n) is 13.7. The van der Waals surface area contributed by atoms with E-state index in [4.69, 9.17) is 0 Å². The molecule has 0 fully saturated rings. The van der Waals surface area contributed by atoms with Crippen LogP contribution in [0.2, 0.25) is 0 Å². The van der Waals surface area contributed by atoms with Gasteiger partial charge in [0.1, 0.15) is 6.54 Å². The number of nitrogens with one attached hydrogen (secondary N) is 1. The fourth-order valence-electron chi connectivity index (χ4n) is 2.26. The minimum atomic E-state index is -0.451. The topological polar surface area (TPSA) is 55.4 Å². The van der Waals surface area contributed by atoms with Crippen molar-refractivity contribution in [3.63, 3.8) is 0 Å². The number of esters is 1. The van der Waals surface area contributed by atoms with Crippen LogP contribution in [-0.2, 0) is 16.0 Å². The minimum Gasteiger partial charge on any atom is -0.468 e. The van der Waals surface area contributed by atoms with E-state index in [9.17, 15) is 9.59 Å². The summed E-state index contributed by atoms with van der Waals surface area (Å²) in [6.45, 7) is 2.12. The molecule has 0 aliphatic heterocycles. The van der Waals surface area contributed by atoms with Gasteiger partial charge in [-0.15, -0.1) is 0 Å². The normalized spacial score (nSPS) is 10.3. The van der Waals surface area contributed by atoms with Gasteiger partial charge in [-0.05, 0) is 30.5 Å². The van der Waals surface area contributed by atoms with Gasteiger partial charge in [0.15, 0.2) is 0 Å². The largest absolute Gasteiger partial charge is 0.468 e. The van der Waals surface area contributed by atoms with Crippen molar-refractivity contribution in [1.82, 2.24) is 5.32 Å². The van der Waals surface area contributed by atoms with Gasteiger partial charge >= 0.3 is 5.97 Å². The van der Waals surface area contributed by atoms with Gasteiger partial charge in [0.2, 0.25) is 0 Å². The maximum Gasteiger partial charge on any atom is 0.325 e. The number of amides is 1. The van der Waals surface area contributed by atoms with Crippen LogP contribution in [0, 0.1) is 0 Å². The Labute approximate surface area is 133 Å². The maximum atomic E-state index is 11.8. The molecular formula is C18H27NO3. The number of methoxy groups -OCH3 is 1. The standard InChI is InChI=1S/C18H27NO3/c1-3-4-5-6-7-8-9-15-10-12-16(13-11-15)18(21)19-14-17(20)22-2/h10-13H,3-9,14H2,1-2H3,(H,19,21). The van der Waals surface area contributed by atoms with E-state index in [0.29, 0.717) is 5.56 Å². The average Bonchev–Trinajstić information content (AvgIpc) is 2.56. The Kier molecular flexibility index (Phi) is 8.96. The van der Waals surface area contributed by atoms with Crippen molar-refractivity contribution in [2.45, 2.75) is 51.9 Å². The first kappa shape index (κ1) is 18.2. The summed E-state index contributed by atoms with van der Waals surface area (Å²) >= 11 is 0. The van der Waals surface area contributed by atoms with E-state index < -0.39 is 5.97 Å². The molecule has 1 amide bonds. The molecule has 0 bridgehead atoms. The van der Waals surface area contributed by atoms with Gasteiger partial charge in [-0.3, -0.25) is 9.59 Å². The number of benzene rings is 1. The van der Waals surface area contributed by atoms with Crippen molar-refractivity contribution >= 4 is 11.9 Å². The summed E-state index contributed by atoms with van der Waals surface area (Å²) in [5.41, 5.74) is 1.82. The van der Waals surface area contributed by atoms with Crippen molar-refractivity contribution < 1.29 is 14.3 Å². The van der Waals surface area contributed by atoms with Gasteiger partial charge < -0.3 is 10.1 Å². The lowest BCUT2D eigenvalue weighted by Crippen LogP contribution is -2.30. The van der Waals surface area contributed by atoms with Crippen LogP contribution in [0.5, 0.6) is 0 Å². The maximum absolute atomic E-state index is 11.8. The molecule has 0 aliphatic carbocycles. The molecular weight excluding hydrogens is 278 g/mol. The monoisotopic (exact) mass is 305 g/mol. The Balaban J connectivity index is 2.30. The van der Waals surface area contributed by atoms with E-state index >= 15 is 0 Å². The zero-order valence-corrected chi connectivity index (χ0v) is 13.7. The zero-order chi connectivity index (χ0) is 16.2. The van der Waals surface area contributed by atoms with E-state index in [1.807, 2.05) is 12.1 Å². The van der Waals surface area contributed by atoms with Crippen LogP contribution in [0.15, 0.2) is 24.3 Å². The van der Waals surface area contributed by atoms with Crippen molar-refractivity contribution in [1.29, 1.82) is 0 Å². The van der Waals surface area contributed by atoms with Crippen LogP contribution in [-0.4, -0.2) is 25.5 Å². The van der Waals surface area contributed by atoms with Crippen molar-refractivity contribution in [3.05, 3.63) is 35.4 Å². The molecule has 4 heteroatoms. The van der Waals surface area contributed by atoms with E-state index in [-0.39, 0.29) is 12.5 Å². The second kappa shape index (κ2) is 10.8.